The highest BCUT2D eigenvalue weighted by molar-refractivity contribution is 5.98. The Morgan fingerprint density at radius 1 is 1.33 bits per heavy atom. The number of ketones is 1. The number of nitrogens with zero attached hydrogens (tertiary/aromatic N) is 1. The van der Waals surface area contributed by atoms with Gasteiger partial charge in [0.1, 0.15) is 17.7 Å². The molecule has 0 unspecified atom stereocenters. The molecule has 1 saturated heterocycles. The number of hydrogen-bond donors (Lipinski definition) is 0. The minimum atomic E-state index is -0.815. The van der Waals surface area contributed by atoms with Crippen LogP contribution in [0.1, 0.15) is 10.4 Å². The molecule has 0 radical (unpaired) electrons. The van der Waals surface area contributed by atoms with Crippen LogP contribution >= 0.6 is 0 Å². The topological polar surface area (TPSA) is 55.8 Å². The average molecular weight is 299 g/mol. The second-order valence-corrected chi connectivity index (χ2v) is 4.67. The predicted octanol–water partition coefficient (Wildman–Crippen LogP) is 1.02. The maximum absolute atomic E-state index is 13.1. The van der Waals surface area contributed by atoms with Gasteiger partial charge in [0.2, 0.25) is 0 Å². The van der Waals surface area contributed by atoms with Crippen molar-refractivity contribution in [3.05, 3.63) is 35.4 Å². The summed E-state index contributed by atoms with van der Waals surface area (Å²) in [5.41, 5.74) is -0.0670. The van der Waals surface area contributed by atoms with Crippen LogP contribution in [0, 0.1) is 11.6 Å². The Balaban J connectivity index is 2.11. The molecule has 21 heavy (non-hydrogen) atoms. The first-order valence-electron chi connectivity index (χ1n) is 6.40. The molecule has 7 heteroatoms. The van der Waals surface area contributed by atoms with E-state index in [1.807, 2.05) is 0 Å². The number of ether oxygens (including phenoxy) is 2. The van der Waals surface area contributed by atoms with Crippen molar-refractivity contribution in [2.45, 2.75) is 6.04 Å². The molecule has 0 aromatic heterocycles. The average Bonchev–Trinajstić information content (AvgIpc) is 2.46. The first-order chi connectivity index (χ1) is 10.0. The Morgan fingerprint density at radius 3 is 2.62 bits per heavy atom. The third-order valence-electron chi connectivity index (χ3n) is 3.24. The van der Waals surface area contributed by atoms with Gasteiger partial charge in [0.05, 0.1) is 26.9 Å². The summed E-state index contributed by atoms with van der Waals surface area (Å²) in [7, 11) is 1.25. The molecule has 0 N–H and O–H groups in total. The van der Waals surface area contributed by atoms with Crippen molar-refractivity contribution in [1.29, 1.82) is 0 Å². The van der Waals surface area contributed by atoms with E-state index in [4.69, 9.17) is 4.74 Å². The zero-order chi connectivity index (χ0) is 15.4. The third-order valence-corrected chi connectivity index (χ3v) is 3.24. The molecular weight excluding hydrogens is 284 g/mol. The maximum Gasteiger partial charge on any atom is 0.325 e. The second-order valence-electron chi connectivity index (χ2n) is 4.67. The van der Waals surface area contributed by atoms with E-state index in [0.717, 1.165) is 12.1 Å². The molecule has 1 atom stereocenters. The van der Waals surface area contributed by atoms with Crippen molar-refractivity contribution < 1.29 is 27.8 Å². The SMILES string of the molecule is COC(=O)[C@H]1COCCN1CC(=O)c1cc(F)cc(F)c1. The molecule has 1 heterocycles. The van der Waals surface area contributed by atoms with Crippen molar-refractivity contribution in [1.82, 2.24) is 4.90 Å². The van der Waals surface area contributed by atoms with Gasteiger partial charge in [0.25, 0.3) is 0 Å². The Bertz CT molecular complexity index is 530. The summed E-state index contributed by atoms with van der Waals surface area (Å²) >= 11 is 0. The van der Waals surface area contributed by atoms with E-state index in [1.165, 1.54) is 7.11 Å². The van der Waals surface area contributed by atoms with Crippen molar-refractivity contribution >= 4 is 11.8 Å². The molecule has 0 amide bonds. The van der Waals surface area contributed by atoms with E-state index in [9.17, 15) is 18.4 Å². The second kappa shape index (κ2) is 6.73. The molecule has 0 saturated carbocycles. The van der Waals surface area contributed by atoms with E-state index >= 15 is 0 Å². The summed E-state index contributed by atoms with van der Waals surface area (Å²) in [6, 6.07) is 1.95. The van der Waals surface area contributed by atoms with Crippen LogP contribution in [0.2, 0.25) is 0 Å². The number of benzene rings is 1. The fourth-order valence-electron chi connectivity index (χ4n) is 2.17. The zero-order valence-corrected chi connectivity index (χ0v) is 11.5. The van der Waals surface area contributed by atoms with Gasteiger partial charge < -0.3 is 9.47 Å². The Morgan fingerprint density at radius 2 is 2.00 bits per heavy atom. The molecule has 114 valence electrons. The lowest BCUT2D eigenvalue weighted by molar-refractivity contribution is -0.152. The maximum atomic E-state index is 13.1. The van der Waals surface area contributed by atoms with Gasteiger partial charge in [0, 0.05) is 18.2 Å². The summed E-state index contributed by atoms with van der Waals surface area (Å²) in [5.74, 6) is -2.60. The predicted molar refractivity (Wildman–Crippen MR) is 68.9 cm³/mol. The molecule has 1 aliphatic rings. The van der Waals surface area contributed by atoms with Crippen LogP contribution in [0.3, 0.4) is 0 Å². The number of morpholine rings is 1. The first-order valence-corrected chi connectivity index (χ1v) is 6.40. The van der Waals surface area contributed by atoms with Crippen LogP contribution in [-0.2, 0) is 14.3 Å². The standard InChI is InChI=1S/C14H15F2NO4/c1-20-14(19)12-8-21-3-2-17(12)7-13(18)9-4-10(15)6-11(16)5-9/h4-6,12H,2-3,7-8H2,1H3/t12-/m1/s1. The summed E-state index contributed by atoms with van der Waals surface area (Å²) in [6.07, 6.45) is 0. The van der Waals surface area contributed by atoms with E-state index in [2.05, 4.69) is 4.74 Å². The Labute approximate surface area is 120 Å². The van der Waals surface area contributed by atoms with Gasteiger partial charge in [-0.05, 0) is 12.1 Å². The molecule has 0 bridgehead atoms. The molecule has 0 aliphatic carbocycles. The number of Topliss-reactive ketones (excluding diaryl/α,β-unsaturated/α-hetero) is 1. The molecule has 1 fully saturated rings. The Kier molecular flexibility index (Phi) is 4.98. The normalized spacial score (nSPS) is 19.3. The number of rotatable bonds is 4. The van der Waals surface area contributed by atoms with E-state index < -0.39 is 29.4 Å². The van der Waals surface area contributed by atoms with Gasteiger partial charge in [-0.1, -0.05) is 0 Å². The van der Waals surface area contributed by atoms with Gasteiger partial charge in [-0.3, -0.25) is 14.5 Å². The van der Waals surface area contributed by atoms with Gasteiger partial charge in [-0.15, -0.1) is 0 Å². The molecule has 5 nitrogen and oxygen atoms in total. The van der Waals surface area contributed by atoms with Gasteiger partial charge in [-0.2, -0.15) is 0 Å². The minimum Gasteiger partial charge on any atom is -0.468 e. The van der Waals surface area contributed by atoms with E-state index in [-0.39, 0.29) is 18.7 Å². The lowest BCUT2D eigenvalue weighted by Crippen LogP contribution is -2.52. The largest absolute Gasteiger partial charge is 0.468 e. The highest BCUT2D eigenvalue weighted by Gasteiger charge is 2.31. The summed E-state index contributed by atoms with van der Waals surface area (Å²) in [4.78, 5) is 25.3. The molecular formula is C14H15F2NO4. The fourth-order valence-corrected chi connectivity index (χ4v) is 2.17. The lowest BCUT2D eigenvalue weighted by atomic mass is 10.1. The number of methoxy groups -OCH3 is 1. The van der Waals surface area contributed by atoms with Crippen LogP contribution in [0.4, 0.5) is 8.78 Å². The molecule has 1 aliphatic heterocycles. The minimum absolute atomic E-state index is 0.0670. The number of halogens is 2. The number of esters is 1. The zero-order valence-electron chi connectivity index (χ0n) is 11.5. The van der Waals surface area contributed by atoms with Crippen LogP contribution in [-0.4, -0.2) is 56.1 Å². The van der Waals surface area contributed by atoms with Gasteiger partial charge >= 0.3 is 5.97 Å². The smallest absolute Gasteiger partial charge is 0.325 e. The van der Waals surface area contributed by atoms with Crippen LogP contribution in [0.25, 0.3) is 0 Å². The van der Waals surface area contributed by atoms with Crippen molar-refractivity contribution in [2.24, 2.45) is 0 Å². The fraction of sp³-hybridized carbons (Fsp3) is 0.429. The quantitative estimate of drug-likeness (QED) is 0.614. The van der Waals surface area contributed by atoms with Gasteiger partial charge in [-0.25, -0.2) is 8.78 Å². The number of carbonyl (C=O) groups excluding carboxylic acids is 2. The molecule has 2 rings (SSSR count). The van der Waals surface area contributed by atoms with E-state index in [1.54, 1.807) is 4.90 Å². The van der Waals surface area contributed by atoms with Crippen LogP contribution < -0.4 is 0 Å². The van der Waals surface area contributed by atoms with Crippen molar-refractivity contribution in [3.8, 4) is 0 Å². The third kappa shape index (κ3) is 3.83. The monoisotopic (exact) mass is 299 g/mol. The number of carbonyl (C=O) groups is 2. The molecule has 0 spiro atoms. The van der Waals surface area contributed by atoms with Crippen molar-refractivity contribution in [2.75, 3.05) is 33.4 Å². The van der Waals surface area contributed by atoms with Crippen molar-refractivity contribution in [3.63, 3.8) is 0 Å². The highest BCUT2D eigenvalue weighted by atomic mass is 19.1. The molecule has 1 aromatic rings. The van der Waals surface area contributed by atoms with Crippen LogP contribution in [0.5, 0.6) is 0 Å². The highest BCUT2D eigenvalue weighted by Crippen LogP contribution is 2.13. The first kappa shape index (κ1) is 15.5. The molecule has 1 aromatic carbocycles. The Hall–Kier alpha value is -1.86. The summed E-state index contributed by atoms with van der Waals surface area (Å²) < 4.78 is 36.1. The number of hydrogen-bond acceptors (Lipinski definition) is 5. The lowest BCUT2D eigenvalue weighted by Gasteiger charge is -2.32. The van der Waals surface area contributed by atoms with Gasteiger partial charge in [0.15, 0.2) is 5.78 Å². The summed E-state index contributed by atoms with van der Waals surface area (Å²) in [6.45, 7) is 0.727. The summed E-state index contributed by atoms with van der Waals surface area (Å²) in [5, 5.41) is 0. The van der Waals surface area contributed by atoms with E-state index in [0.29, 0.717) is 19.2 Å². The van der Waals surface area contributed by atoms with Crippen LogP contribution in [0.15, 0.2) is 18.2 Å².